The molecule has 0 aliphatic heterocycles. The molecule has 1 N–H and O–H groups in total. The van der Waals surface area contributed by atoms with Crippen LogP contribution in [0.1, 0.15) is 0 Å². The molecule has 1 aromatic rings. The molecule has 7 heavy (non-hydrogen) atoms. The first kappa shape index (κ1) is 4.96. The quantitative estimate of drug-likeness (QED) is 0.641. The van der Waals surface area contributed by atoms with Crippen molar-refractivity contribution >= 4 is 22.9 Å². The highest BCUT2D eigenvalue weighted by atomic mass is 127. The van der Waals surface area contributed by atoms with Crippen LogP contribution in [-0.4, -0.2) is 7.89 Å². The molecule has 0 spiro atoms. The highest BCUT2D eigenvalue weighted by Crippen LogP contribution is 2.08. The Morgan fingerprint density at radius 2 is 2.43 bits per heavy atom. The predicted octanol–water partition coefficient (Wildman–Crippen LogP) is 1.39. The monoisotopic (exact) mass is 209 g/mol. The molecule has 2 nitrogen and oxygen atoms in total. The number of nitrogens with zero attached hydrogens (tertiary/aromatic N) is 1. The summed E-state index contributed by atoms with van der Waals surface area (Å²) in [5, 5.41) is 8.63. The Hall–Kier alpha value is -0.190. The minimum absolute atomic E-state index is 0.314. The van der Waals surface area contributed by atoms with Gasteiger partial charge in [-0.3, -0.25) is 2.78 Å². The number of halogens is 1. The molecule has 1 aromatic heterocycles. The molecule has 0 aliphatic rings. The van der Waals surface area contributed by atoms with E-state index in [0.29, 0.717) is 5.75 Å². The van der Waals surface area contributed by atoms with Crippen molar-refractivity contribution in [3.63, 3.8) is 0 Å². The van der Waals surface area contributed by atoms with Crippen LogP contribution >= 0.6 is 22.9 Å². The summed E-state index contributed by atoms with van der Waals surface area (Å²) >= 11 is 2.06. The summed E-state index contributed by atoms with van der Waals surface area (Å²) in [5.41, 5.74) is 0. The van der Waals surface area contributed by atoms with Gasteiger partial charge in [0.25, 0.3) is 0 Å². The Morgan fingerprint density at radius 1 is 1.71 bits per heavy atom. The smallest absolute Gasteiger partial charge is 0.134 e. The SMILES string of the molecule is Oc1ccn(I)c1. The lowest BCUT2D eigenvalue weighted by Gasteiger charge is -1.76. The minimum Gasteiger partial charge on any atom is -0.506 e. The summed E-state index contributed by atoms with van der Waals surface area (Å²) in [6, 6.07) is 1.63. The Bertz CT molecular complexity index is 144. The zero-order valence-electron chi connectivity index (χ0n) is 3.50. The van der Waals surface area contributed by atoms with Gasteiger partial charge in [0.05, 0.1) is 29.1 Å². The lowest BCUT2D eigenvalue weighted by molar-refractivity contribution is 0.476. The first-order chi connectivity index (χ1) is 3.29. The van der Waals surface area contributed by atoms with Gasteiger partial charge in [0, 0.05) is 6.20 Å². The minimum atomic E-state index is 0.314. The van der Waals surface area contributed by atoms with Gasteiger partial charge in [-0.15, -0.1) is 0 Å². The van der Waals surface area contributed by atoms with Crippen molar-refractivity contribution in [3.05, 3.63) is 18.5 Å². The molecule has 0 radical (unpaired) electrons. The Balaban J connectivity index is 3.04. The summed E-state index contributed by atoms with van der Waals surface area (Å²) in [6.07, 6.45) is 3.40. The van der Waals surface area contributed by atoms with Gasteiger partial charge in [-0.25, -0.2) is 0 Å². The Morgan fingerprint density at radius 3 is 2.57 bits per heavy atom. The molecule has 3 heteroatoms. The summed E-state index contributed by atoms with van der Waals surface area (Å²) in [6.45, 7) is 0. The summed E-state index contributed by atoms with van der Waals surface area (Å²) in [7, 11) is 0. The molecule has 38 valence electrons. The number of rotatable bonds is 0. The Labute approximate surface area is 55.3 Å². The van der Waals surface area contributed by atoms with E-state index in [4.69, 9.17) is 5.11 Å². The third-order valence-electron chi connectivity index (χ3n) is 0.643. The molecule has 0 aliphatic carbocycles. The lowest BCUT2D eigenvalue weighted by Crippen LogP contribution is -1.62. The van der Waals surface area contributed by atoms with Crippen LogP contribution in [0.15, 0.2) is 18.5 Å². The lowest BCUT2D eigenvalue weighted by atomic mass is 10.6. The first-order valence-electron chi connectivity index (χ1n) is 1.82. The molecule has 0 unspecified atom stereocenters. The van der Waals surface area contributed by atoms with Crippen LogP contribution in [0.5, 0.6) is 5.75 Å². The van der Waals surface area contributed by atoms with E-state index in [-0.39, 0.29) is 0 Å². The molecular formula is C4H4INO. The molecule has 0 aromatic carbocycles. The van der Waals surface area contributed by atoms with E-state index >= 15 is 0 Å². The van der Waals surface area contributed by atoms with Crippen LogP contribution < -0.4 is 0 Å². The van der Waals surface area contributed by atoms with Gasteiger partial charge in [-0.2, -0.15) is 0 Å². The van der Waals surface area contributed by atoms with Crippen molar-refractivity contribution in [2.24, 2.45) is 0 Å². The van der Waals surface area contributed by atoms with Gasteiger partial charge in [-0.05, 0) is 6.07 Å². The van der Waals surface area contributed by atoms with E-state index < -0.39 is 0 Å². The second kappa shape index (κ2) is 1.73. The third kappa shape index (κ3) is 1.09. The first-order valence-corrected chi connectivity index (χ1v) is 2.78. The topological polar surface area (TPSA) is 25.2 Å². The van der Waals surface area contributed by atoms with Crippen LogP contribution in [0, 0.1) is 0 Å². The standard InChI is InChI=1S/C4H4INO/c5-6-2-1-4(7)3-6/h1-3,7H. The van der Waals surface area contributed by atoms with Gasteiger partial charge >= 0.3 is 0 Å². The van der Waals surface area contributed by atoms with Crippen molar-refractivity contribution in [2.75, 3.05) is 0 Å². The fraction of sp³-hybridized carbons (Fsp3) is 0. The van der Waals surface area contributed by atoms with Gasteiger partial charge in [0.15, 0.2) is 0 Å². The molecule has 0 amide bonds. The molecule has 0 atom stereocenters. The van der Waals surface area contributed by atoms with E-state index in [0.717, 1.165) is 0 Å². The van der Waals surface area contributed by atoms with E-state index in [1.807, 2.05) is 0 Å². The predicted molar refractivity (Wildman–Crippen MR) is 35.5 cm³/mol. The fourth-order valence-corrected chi connectivity index (χ4v) is 0.806. The van der Waals surface area contributed by atoms with Crippen molar-refractivity contribution in [1.29, 1.82) is 0 Å². The third-order valence-corrected chi connectivity index (χ3v) is 1.24. The molecule has 0 fully saturated rings. The zero-order valence-corrected chi connectivity index (χ0v) is 5.66. The number of hydrogen-bond acceptors (Lipinski definition) is 1. The number of hydrogen-bond donors (Lipinski definition) is 1. The average molecular weight is 209 g/mol. The Kier molecular flexibility index (Phi) is 1.23. The van der Waals surface area contributed by atoms with Crippen molar-refractivity contribution < 1.29 is 5.11 Å². The normalized spacial score (nSPS) is 9.29. The summed E-state index contributed by atoms with van der Waals surface area (Å²) < 4.78 is 1.76. The fourth-order valence-electron chi connectivity index (χ4n) is 0.360. The van der Waals surface area contributed by atoms with Gasteiger partial charge < -0.3 is 5.11 Å². The largest absolute Gasteiger partial charge is 0.506 e. The van der Waals surface area contributed by atoms with Gasteiger partial charge in [-0.1, -0.05) is 0 Å². The maximum absolute atomic E-state index is 8.63. The van der Waals surface area contributed by atoms with Crippen LogP contribution in [0.2, 0.25) is 0 Å². The number of aromatic hydroxyl groups is 1. The van der Waals surface area contributed by atoms with Gasteiger partial charge in [0.1, 0.15) is 5.75 Å². The van der Waals surface area contributed by atoms with E-state index in [2.05, 4.69) is 22.9 Å². The molecule has 0 saturated heterocycles. The maximum Gasteiger partial charge on any atom is 0.134 e. The van der Waals surface area contributed by atoms with Crippen LogP contribution in [-0.2, 0) is 0 Å². The van der Waals surface area contributed by atoms with Crippen molar-refractivity contribution in [1.82, 2.24) is 2.78 Å². The van der Waals surface area contributed by atoms with Gasteiger partial charge in [0.2, 0.25) is 0 Å². The summed E-state index contributed by atoms with van der Waals surface area (Å²) in [4.78, 5) is 0. The molecule has 0 saturated carbocycles. The maximum atomic E-state index is 8.63. The average Bonchev–Trinajstić information content (AvgIpc) is 1.87. The molecule has 1 heterocycles. The highest BCUT2D eigenvalue weighted by molar-refractivity contribution is 14.1. The van der Waals surface area contributed by atoms with E-state index in [9.17, 15) is 0 Å². The van der Waals surface area contributed by atoms with Crippen molar-refractivity contribution in [3.8, 4) is 5.75 Å². The summed E-state index contributed by atoms with van der Waals surface area (Å²) in [5.74, 6) is 0.314. The second-order valence-electron chi connectivity index (χ2n) is 1.21. The van der Waals surface area contributed by atoms with E-state index in [1.165, 1.54) is 0 Å². The van der Waals surface area contributed by atoms with Crippen molar-refractivity contribution in [2.45, 2.75) is 0 Å². The second-order valence-corrected chi connectivity index (χ2v) is 2.33. The van der Waals surface area contributed by atoms with Crippen LogP contribution in [0.4, 0.5) is 0 Å². The molecule has 1 rings (SSSR count). The van der Waals surface area contributed by atoms with E-state index in [1.54, 1.807) is 21.2 Å². The zero-order chi connectivity index (χ0) is 5.28. The molecular weight excluding hydrogens is 205 g/mol. The van der Waals surface area contributed by atoms with Crippen LogP contribution in [0.25, 0.3) is 0 Å². The number of aromatic nitrogens is 1. The highest BCUT2D eigenvalue weighted by Gasteiger charge is 1.84. The van der Waals surface area contributed by atoms with Crippen LogP contribution in [0.3, 0.4) is 0 Å². The molecule has 0 bridgehead atoms.